The van der Waals surface area contributed by atoms with E-state index in [0.29, 0.717) is 26.2 Å². The summed E-state index contributed by atoms with van der Waals surface area (Å²) in [6, 6.07) is 0. The molecule has 0 aromatic heterocycles. The average molecular weight is 380 g/mol. The number of likely N-dealkylation sites (N-methyl/N-ethyl adjacent to an activating group) is 1. The van der Waals surface area contributed by atoms with E-state index in [1.54, 1.807) is 23.9 Å². The van der Waals surface area contributed by atoms with Gasteiger partial charge >= 0.3 is 0 Å². The number of carbonyl (C=O) groups is 3. The Hall–Kier alpha value is -1.72. The van der Waals surface area contributed by atoms with E-state index in [-0.39, 0.29) is 31.3 Å². The van der Waals surface area contributed by atoms with E-state index in [1.807, 2.05) is 4.90 Å². The molecule has 0 radical (unpaired) electrons. The predicted molar refractivity (Wildman–Crippen MR) is 92.5 cm³/mol. The molecule has 0 aliphatic carbocycles. The van der Waals surface area contributed by atoms with Gasteiger partial charge in [-0.1, -0.05) is 0 Å². The first-order valence-corrected chi connectivity index (χ1v) is 9.72. The lowest BCUT2D eigenvalue weighted by molar-refractivity contribution is -0.131. The smallest absolute Gasteiger partial charge is 0.290 e. The molecular formula is C14H28N4O6S. The lowest BCUT2D eigenvalue weighted by Gasteiger charge is -2.22. The van der Waals surface area contributed by atoms with Crippen molar-refractivity contribution < 1.29 is 27.9 Å². The van der Waals surface area contributed by atoms with Gasteiger partial charge in [0, 0.05) is 53.2 Å². The van der Waals surface area contributed by atoms with Gasteiger partial charge in [0.1, 0.15) is 0 Å². The summed E-state index contributed by atoms with van der Waals surface area (Å²) in [5.74, 6) is -0.00550. The Balaban J connectivity index is 0.00000178. The minimum Gasteiger partial charge on any atom is -0.483 e. The van der Waals surface area contributed by atoms with Crippen LogP contribution in [0.25, 0.3) is 0 Å². The van der Waals surface area contributed by atoms with E-state index in [2.05, 4.69) is 4.72 Å². The van der Waals surface area contributed by atoms with Gasteiger partial charge in [-0.15, -0.1) is 0 Å². The number of hydrogen-bond donors (Lipinski definition) is 2. The summed E-state index contributed by atoms with van der Waals surface area (Å²) in [5.41, 5.74) is 0. The quantitative estimate of drug-likeness (QED) is 0.523. The molecule has 0 saturated carbocycles. The molecule has 0 unspecified atom stereocenters. The Morgan fingerprint density at radius 3 is 2.32 bits per heavy atom. The van der Waals surface area contributed by atoms with Crippen LogP contribution in [-0.2, 0) is 24.4 Å². The third-order valence-electron chi connectivity index (χ3n) is 3.50. The lowest BCUT2D eigenvalue weighted by atomic mass is 10.3. The number of hydrogen-bond acceptors (Lipinski definition) is 6. The number of carboxylic acid groups (broad SMARTS) is 1. The van der Waals surface area contributed by atoms with Gasteiger partial charge in [-0.25, -0.2) is 13.1 Å². The predicted octanol–water partition coefficient (Wildman–Crippen LogP) is -1.75. The Labute approximate surface area is 148 Å². The number of nitrogens with one attached hydrogen (secondary N) is 1. The normalized spacial score (nSPS) is 15.6. The summed E-state index contributed by atoms with van der Waals surface area (Å²) in [5, 5.41) is 6.89. The third kappa shape index (κ3) is 11.5. The fourth-order valence-corrected chi connectivity index (χ4v) is 2.69. The van der Waals surface area contributed by atoms with E-state index in [0.717, 1.165) is 19.2 Å². The van der Waals surface area contributed by atoms with Gasteiger partial charge in [0.05, 0.1) is 12.8 Å². The molecule has 1 rings (SSSR count). The van der Waals surface area contributed by atoms with Crippen molar-refractivity contribution in [1.29, 1.82) is 0 Å². The number of sulfonamides is 1. The zero-order valence-electron chi connectivity index (χ0n) is 15.0. The first-order valence-electron chi connectivity index (χ1n) is 7.83. The highest BCUT2D eigenvalue weighted by molar-refractivity contribution is 7.88. The van der Waals surface area contributed by atoms with E-state index < -0.39 is 10.0 Å². The molecule has 0 atom stereocenters. The van der Waals surface area contributed by atoms with Crippen molar-refractivity contribution in [3.8, 4) is 0 Å². The minimum absolute atomic E-state index is 0.0529. The van der Waals surface area contributed by atoms with E-state index in [4.69, 9.17) is 9.90 Å². The van der Waals surface area contributed by atoms with Crippen molar-refractivity contribution in [2.24, 2.45) is 0 Å². The summed E-state index contributed by atoms with van der Waals surface area (Å²) in [6.45, 7) is 2.89. The van der Waals surface area contributed by atoms with Crippen LogP contribution >= 0.6 is 0 Å². The van der Waals surface area contributed by atoms with Gasteiger partial charge in [0.25, 0.3) is 6.47 Å². The largest absolute Gasteiger partial charge is 0.483 e. The van der Waals surface area contributed by atoms with Gasteiger partial charge < -0.3 is 14.9 Å². The van der Waals surface area contributed by atoms with Crippen LogP contribution in [-0.4, -0.2) is 106 Å². The SMILES string of the molecule is CN(C)C(=O)CN1CCCN(C(=O)CCNS(C)(=O)=O)CC1.O=CO. The summed E-state index contributed by atoms with van der Waals surface area (Å²) in [6.07, 6.45) is 2.04. The highest BCUT2D eigenvalue weighted by Gasteiger charge is 2.20. The highest BCUT2D eigenvalue weighted by atomic mass is 32.2. The van der Waals surface area contributed by atoms with Crippen LogP contribution in [0.15, 0.2) is 0 Å². The maximum Gasteiger partial charge on any atom is 0.290 e. The van der Waals surface area contributed by atoms with Crippen LogP contribution in [0.5, 0.6) is 0 Å². The molecule has 10 nitrogen and oxygen atoms in total. The van der Waals surface area contributed by atoms with Gasteiger partial charge in [-0.05, 0) is 6.42 Å². The Bertz CT molecular complexity index is 537. The second-order valence-electron chi connectivity index (χ2n) is 5.82. The molecule has 2 N–H and O–H groups in total. The Morgan fingerprint density at radius 1 is 1.20 bits per heavy atom. The molecular weight excluding hydrogens is 352 g/mol. The first-order chi connectivity index (χ1) is 11.6. The van der Waals surface area contributed by atoms with Crippen LogP contribution in [0.2, 0.25) is 0 Å². The monoisotopic (exact) mass is 380 g/mol. The molecule has 0 bridgehead atoms. The second kappa shape index (κ2) is 11.8. The van der Waals surface area contributed by atoms with E-state index in [9.17, 15) is 18.0 Å². The van der Waals surface area contributed by atoms with Crippen molar-refractivity contribution in [2.75, 3.05) is 59.6 Å². The van der Waals surface area contributed by atoms with Crippen molar-refractivity contribution in [2.45, 2.75) is 12.8 Å². The van der Waals surface area contributed by atoms with Crippen molar-refractivity contribution in [1.82, 2.24) is 19.4 Å². The molecule has 146 valence electrons. The maximum absolute atomic E-state index is 12.1. The van der Waals surface area contributed by atoms with E-state index >= 15 is 0 Å². The van der Waals surface area contributed by atoms with Gasteiger partial charge in [0.15, 0.2) is 0 Å². The summed E-state index contributed by atoms with van der Waals surface area (Å²) in [4.78, 5) is 37.5. The molecule has 11 heteroatoms. The molecule has 1 aliphatic rings. The van der Waals surface area contributed by atoms with Crippen molar-refractivity contribution >= 4 is 28.3 Å². The van der Waals surface area contributed by atoms with E-state index in [1.165, 1.54) is 0 Å². The van der Waals surface area contributed by atoms with Gasteiger partial charge in [-0.2, -0.15) is 0 Å². The molecule has 25 heavy (non-hydrogen) atoms. The molecule has 1 aliphatic heterocycles. The standard InChI is InChI=1S/C13H26N4O4S.CH2O2/c1-15(2)13(19)11-16-7-4-8-17(10-9-16)12(18)5-6-14-22(3,20)21;2-1-3/h14H,4-11H2,1-3H3;1H,(H,2,3). The molecule has 2 amide bonds. The van der Waals surface area contributed by atoms with Gasteiger partial charge in [0.2, 0.25) is 21.8 Å². The number of nitrogens with zero attached hydrogens (tertiary/aromatic N) is 3. The zero-order chi connectivity index (χ0) is 19.5. The number of amides is 2. The summed E-state index contributed by atoms with van der Waals surface area (Å²) in [7, 11) is 0.195. The maximum atomic E-state index is 12.1. The molecule has 1 saturated heterocycles. The topological polar surface area (TPSA) is 127 Å². The number of carbonyl (C=O) groups excluding carboxylic acids is 2. The fourth-order valence-electron chi connectivity index (χ4n) is 2.21. The Morgan fingerprint density at radius 2 is 1.80 bits per heavy atom. The summed E-state index contributed by atoms with van der Waals surface area (Å²) >= 11 is 0. The first kappa shape index (κ1) is 23.3. The molecule has 0 aromatic rings. The van der Waals surface area contributed by atoms with Crippen LogP contribution in [0.3, 0.4) is 0 Å². The van der Waals surface area contributed by atoms with Gasteiger partial charge in [-0.3, -0.25) is 19.3 Å². The number of rotatable bonds is 6. The van der Waals surface area contributed by atoms with Crippen LogP contribution in [0.4, 0.5) is 0 Å². The van der Waals surface area contributed by atoms with Crippen molar-refractivity contribution in [3.05, 3.63) is 0 Å². The highest BCUT2D eigenvalue weighted by Crippen LogP contribution is 2.05. The van der Waals surface area contributed by atoms with Crippen LogP contribution < -0.4 is 4.72 Å². The van der Waals surface area contributed by atoms with Crippen LogP contribution in [0, 0.1) is 0 Å². The Kier molecular flexibility index (Phi) is 11.0. The second-order valence-corrected chi connectivity index (χ2v) is 7.65. The molecule has 0 spiro atoms. The third-order valence-corrected chi connectivity index (χ3v) is 4.23. The molecule has 1 heterocycles. The fraction of sp³-hybridized carbons (Fsp3) is 0.786. The average Bonchev–Trinajstić information content (AvgIpc) is 2.72. The molecule has 0 aromatic carbocycles. The minimum atomic E-state index is -3.26. The summed E-state index contributed by atoms with van der Waals surface area (Å²) < 4.78 is 24.3. The molecule has 1 fully saturated rings. The zero-order valence-corrected chi connectivity index (χ0v) is 15.8. The lowest BCUT2D eigenvalue weighted by Crippen LogP contribution is -2.40. The van der Waals surface area contributed by atoms with Crippen molar-refractivity contribution in [3.63, 3.8) is 0 Å². The van der Waals surface area contributed by atoms with Crippen LogP contribution in [0.1, 0.15) is 12.8 Å².